The number of alkyl halides is 4. The molecule has 4 heteroatoms. The predicted octanol–water partition coefficient (Wildman–Crippen LogP) is 3.31. The summed E-state index contributed by atoms with van der Waals surface area (Å²) < 4.78 is 0. The molecule has 0 aromatic carbocycles. The summed E-state index contributed by atoms with van der Waals surface area (Å²) in [6.45, 7) is 2.14. The first-order chi connectivity index (χ1) is 5.55. The smallest absolute Gasteiger partial charge is 0.0548 e. The molecule has 2 aliphatic rings. The third-order valence-corrected chi connectivity index (χ3v) is 5.52. The van der Waals surface area contributed by atoms with Crippen LogP contribution < -0.4 is 0 Å². The fraction of sp³-hybridized carbons (Fsp3) is 1.00. The van der Waals surface area contributed by atoms with Gasteiger partial charge in [0.1, 0.15) is 0 Å². The lowest BCUT2D eigenvalue weighted by Gasteiger charge is -2.07. The minimum Gasteiger partial charge on any atom is -0.121 e. The van der Waals surface area contributed by atoms with Gasteiger partial charge in [-0.15, -0.1) is 46.4 Å². The van der Waals surface area contributed by atoms with Crippen LogP contribution in [0.3, 0.4) is 0 Å². The summed E-state index contributed by atoms with van der Waals surface area (Å²) in [7, 11) is 0. The van der Waals surface area contributed by atoms with E-state index < -0.39 is 0 Å². The van der Waals surface area contributed by atoms with Gasteiger partial charge in [-0.2, -0.15) is 0 Å². The van der Waals surface area contributed by atoms with Gasteiger partial charge >= 0.3 is 0 Å². The van der Waals surface area contributed by atoms with Crippen LogP contribution in [0.4, 0.5) is 0 Å². The second-order valence-corrected chi connectivity index (χ2v) is 5.81. The van der Waals surface area contributed by atoms with Crippen LogP contribution in [0.15, 0.2) is 0 Å². The van der Waals surface area contributed by atoms with Crippen molar-refractivity contribution in [2.24, 2.45) is 17.8 Å². The maximum atomic E-state index is 5.95. The van der Waals surface area contributed by atoms with E-state index in [1.165, 1.54) is 0 Å². The van der Waals surface area contributed by atoms with Gasteiger partial charge in [0.05, 0.1) is 21.5 Å². The van der Waals surface area contributed by atoms with E-state index in [1.807, 2.05) is 0 Å². The summed E-state index contributed by atoms with van der Waals surface area (Å²) in [5.41, 5.74) is 0. The number of hydrogen-bond donors (Lipinski definition) is 0. The molecular formula is C8H10Cl4. The average molecular weight is 248 g/mol. The molecule has 0 amide bonds. The average Bonchev–Trinajstić information content (AvgIpc) is 2.78. The van der Waals surface area contributed by atoms with Gasteiger partial charge in [0.15, 0.2) is 0 Å². The van der Waals surface area contributed by atoms with Crippen molar-refractivity contribution in [3.8, 4) is 0 Å². The number of rotatable bonds is 2. The van der Waals surface area contributed by atoms with Crippen LogP contribution in [-0.2, 0) is 0 Å². The Balaban J connectivity index is 1.91. The van der Waals surface area contributed by atoms with E-state index in [4.69, 9.17) is 46.4 Å². The molecule has 12 heavy (non-hydrogen) atoms. The highest BCUT2D eigenvalue weighted by molar-refractivity contribution is 6.35. The zero-order valence-electron chi connectivity index (χ0n) is 6.55. The van der Waals surface area contributed by atoms with Crippen molar-refractivity contribution in [2.45, 2.75) is 28.4 Å². The Morgan fingerprint density at radius 2 is 1.00 bits per heavy atom. The zero-order valence-corrected chi connectivity index (χ0v) is 9.58. The van der Waals surface area contributed by atoms with E-state index >= 15 is 0 Å². The zero-order chi connectivity index (χ0) is 9.04. The Morgan fingerprint density at radius 1 is 0.750 bits per heavy atom. The molecule has 4 atom stereocenters. The molecule has 2 rings (SSSR count). The van der Waals surface area contributed by atoms with Gasteiger partial charge in [-0.3, -0.25) is 0 Å². The first kappa shape index (κ1) is 9.71. The lowest BCUT2D eigenvalue weighted by molar-refractivity contribution is 0.451. The molecule has 0 nitrogen and oxygen atoms in total. The summed E-state index contributed by atoms with van der Waals surface area (Å²) >= 11 is 23.8. The maximum absolute atomic E-state index is 5.95. The van der Waals surface area contributed by atoms with Gasteiger partial charge in [0.2, 0.25) is 0 Å². The van der Waals surface area contributed by atoms with Crippen LogP contribution in [-0.4, -0.2) is 21.5 Å². The van der Waals surface area contributed by atoms with E-state index in [1.54, 1.807) is 0 Å². The molecule has 0 aromatic heterocycles. The standard InChI is InChI=1S/C8H10Cl4/c1-2(3-5(9)6(3)10)4-7(11)8(4)12/h2-8H,1H3. The minimum absolute atomic E-state index is 0.134. The van der Waals surface area contributed by atoms with Crippen molar-refractivity contribution in [3.63, 3.8) is 0 Å². The van der Waals surface area contributed by atoms with Gasteiger partial charge in [-0.25, -0.2) is 0 Å². The molecule has 2 fully saturated rings. The molecule has 0 spiro atoms. The Hall–Kier alpha value is 1.16. The largest absolute Gasteiger partial charge is 0.121 e. The van der Waals surface area contributed by atoms with Crippen LogP contribution in [0.1, 0.15) is 6.92 Å². The third kappa shape index (κ3) is 1.35. The highest BCUT2D eigenvalue weighted by Crippen LogP contribution is 2.57. The fourth-order valence-electron chi connectivity index (χ4n) is 1.94. The Labute approximate surface area is 92.5 Å². The molecule has 0 N–H and O–H groups in total. The summed E-state index contributed by atoms with van der Waals surface area (Å²) in [5, 5.41) is 0.537. The molecule has 70 valence electrons. The summed E-state index contributed by atoms with van der Waals surface area (Å²) in [4.78, 5) is 0. The predicted molar refractivity (Wildman–Crippen MR) is 54.7 cm³/mol. The van der Waals surface area contributed by atoms with E-state index in [-0.39, 0.29) is 21.5 Å². The quantitative estimate of drug-likeness (QED) is 0.657. The molecule has 2 saturated carbocycles. The van der Waals surface area contributed by atoms with Gasteiger partial charge in [0.25, 0.3) is 0 Å². The van der Waals surface area contributed by atoms with Crippen LogP contribution in [0.5, 0.6) is 0 Å². The molecule has 0 aromatic rings. The second kappa shape index (κ2) is 3.08. The Bertz CT molecular complexity index is 159. The third-order valence-electron chi connectivity index (χ3n) is 3.01. The van der Waals surface area contributed by atoms with Crippen LogP contribution >= 0.6 is 46.4 Å². The first-order valence-electron chi connectivity index (χ1n) is 4.12. The van der Waals surface area contributed by atoms with Crippen LogP contribution in [0.2, 0.25) is 0 Å². The summed E-state index contributed by atoms with van der Waals surface area (Å²) in [5.74, 6) is 1.31. The summed E-state index contributed by atoms with van der Waals surface area (Å²) in [6, 6.07) is 0. The summed E-state index contributed by atoms with van der Waals surface area (Å²) in [6.07, 6.45) is 0. The maximum Gasteiger partial charge on any atom is 0.0548 e. The molecule has 2 aliphatic carbocycles. The molecular weight excluding hydrogens is 238 g/mol. The lowest BCUT2D eigenvalue weighted by atomic mass is 10.0. The molecule has 4 unspecified atom stereocenters. The van der Waals surface area contributed by atoms with Crippen LogP contribution in [0.25, 0.3) is 0 Å². The van der Waals surface area contributed by atoms with Crippen molar-refractivity contribution < 1.29 is 0 Å². The SMILES string of the molecule is CC(C1C(Cl)C1Cl)C1C(Cl)C1Cl. The highest BCUT2D eigenvalue weighted by Gasteiger charge is 2.60. The lowest BCUT2D eigenvalue weighted by Crippen LogP contribution is -2.05. The van der Waals surface area contributed by atoms with Crippen molar-refractivity contribution in [2.75, 3.05) is 0 Å². The number of hydrogen-bond acceptors (Lipinski definition) is 0. The van der Waals surface area contributed by atoms with Gasteiger partial charge in [-0.1, -0.05) is 6.92 Å². The van der Waals surface area contributed by atoms with E-state index in [9.17, 15) is 0 Å². The van der Waals surface area contributed by atoms with E-state index in [2.05, 4.69) is 6.92 Å². The Kier molecular flexibility index (Phi) is 2.49. The number of halogens is 4. The molecule has 0 radical (unpaired) electrons. The highest BCUT2D eigenvalue weighted by atomic mass is 35.5. The van der Waals surface area contributed by atoms with Gasteiger partial charge < -0.3 is 0 Å². The van der Waals surface area contributed by atoms with Gasteiger partial charge in [0, 0.05) is 0 Å². The fourth-order valence-corrected chi connectivity index (χ4v) is 3.97. The van der Waals surface area contributed by atoms with Gasteiger partial charge in [-0.05, 0) is 17.8 Å². The topological polar surface area (TPSA) is 0 Å². The molecule has 0 saturated heterocycles. The van der Waals surface area contributed by atoms with Crippen molar-refractivity contribution in [3.05, 3.63) is 0 Å². The monoisotopic (exact) mass is 246 g/mol. The molecule has 0 bridgehead atoms. The molecule has 0 heterocycles. The minimum atomic E-state index is 0.134. The van der Waals surface area contributed by atoms with E-state index in [0.29, 0.717) is 17.8 Å². The van der Waals surface area contributed by atoms with Crippen molar-refractivity contribution >= 4 is 46.4 Å². The van der Waals surface area contributed by atoms with Crippen molar-refractivity contribution in [1.29, 1.82) is 0 Å². The van der Waals surface area contributed by atoms with Crippen LogP contribution in [0, 0.1) is 17.8 Å². The molecule has 0 aliphatic heterocycles. The van der Waals surface area contributed by atoms with Crippen molar-refractivity contribution in [1.82, 2.24) is 0 Å². The normalized spacial score (nSPS) is 59.8. The van der Waals surface area contributed by atoms with E-state index in [0.717, 1.165) is 0 Å². The second-order valence-electron chi connectivity index (χ2n) is 3.79. The first-order valence-corrected chi connectivity index (χ1v) is 5.86. The Morgan fingerprint density at radius 3 is 1.17 bits per heavy atom.